The molecule has 2 amide bonds. The van der Waals surface area contributed by atoms with E-state index in [1.807, 2.05) is 6.07 Å². The Kier molecular flexibility index (Phi) is 3.91. The van der Waals surface area contributed by atoms with Gasteiger partial charge in [-0.15, -0.1) is 0 Å². The van der Waals surface area contributed by atoms with Crippen LogP contribution in [0.2, 0.25) is 0 Å². The molecule has 3 rings (SSSR count). The Morgan fingerprint density at radius 2 is 2.00 bits per heavy atom. The molecule has 0 aromatic heterocycles. The van der Waals surface area contributed by atoms with Gasteiger partial charge in [0.25, 0.3) is 0 Å². The Morgan fingerprint density at radius 3 is 2.64 bits per heavy atom. The predicted octanol–water partition coefficient (Wildman–Crippen LogP) is 1.09. The fraction of sp³-hybridized carbons (Fsp3) is 0.529. The molecule has 1 aliphatic heterocycles. The van der Waals surface area contributed by atoms with Crippen molar-refractivity contribution in [2.24, 2.45) is 5.73 Å². The third-order valence-corrected chi connectivity index (χ3v) is 5.07. The van der Waals surface area contributed by atoms with Crippen molar-refractivity contribution in [1.82, 2.24) is 10.2 Å². The van der Waals surface area contributed by atoms with E-state index in [2.05, 4.69) is 28.4 Å². The number of carbonyl (C=O) groups is 2. The Hall–Kier alpha value is -1.88. The highest BCUT2D eigenvalue weighted by atomic mass is 16.1. The van der Waals surface area contributed by atoms with Crippen LogP contribution >= 0.6 is 0 Å². The molecule has 0 unspecified atom stereocenters. The maximum Gasteiger partial charge on any atom is 0.231 e. The molecule has 5 nitrogen and oxygen atoms in total. The summed E-state index contributed by atoms with van der Waals surface area (Å²) in [4.78, 5) is 24.7. The molecule has 2 aliphatic rings. The summed E-state index contributed by atoms with van der Waals surface area (Å²) in [5.74, 6) is -0.248. The zero-order chi connectivity index (χ0) is 15.7. The van der Waals surface area contributed by atoms with Crippen molar-refractivity contribution in [3.05, 3.63) is 35.4 Å². The Balaban J connectivity index is 1.81. The number of piperidine rings is 1. The van der Waals surface area contributed by atoms with Crippen molar-refractivity contribution in [2.75, 3.05) is 19.6 Å². The molecule has 0 radical (unpaired) electrons. The highest BCUT2D eigenvalue weighted by Crippen LogP contribution is 2.50. The van der Waals surface area contributed by atoms with Crippen molar-refractivity contribution in [2.45, 2.75) is 37.6 Å². The van der Waals surface area contributed by atoms with Gasteiger partial charge in [0, 0.05) is 12.3 Å². The van der Waals surface area contributed by atoms with Crippen LogP contribution in [-0.2, 0) is 15.0 Å². The number of benzene rings is 1. The second-order valence-corrected chi connectivity index (χ2v) is 6.57. The molecule has 22 heavy (non-hydrogen) atoms. The van der Waals surface area contributed by atoms with E-state index in [-0.39, 0.29) is 23.3 Å². The molecule has 5 heteroatoms. The maximum atomic E-state index is 11.5. The van der Waals surface area contributed by atoms with E-state index < -0.39 is 0 Å². The summed E-state index contributed by atoms with van der Waals surface area (Å²) in [7, 11) is 0. The van der Waals surface area contributed by atoms with Gasteiger partial charge in [0.1, 0.15) is 0 Å². The molecule has 1 aromatic carbocycles. The summed E-state index contributed by atoms with van der Waals surface area (Å²) in [5, 5.41) is 3.09. The van der Waals surface area contributed by atoms with Gasteiger partial charge in [-0.1, -0.05) is 24.3 Å². The lowest BCUT2D eigenvalue weighted by Crippen LogP contribution is -2.45. The molecule has 1 aliphatic carbocycles. The summed E-state index contributed by atoms with van der Waals surface area (Å²) in [6, 6.07) is 8.54. The van der Waals surface area contributed by atoms with E-state index in [1.165, 1.54) is 11.1 Å². The normalized spacial score (nSPS) is 23.2. The van der Waals surface area contributed by atoms with Crippen LogP contribution in [0.5, 0.6) is 0 Å². The lowest BCUT2D eigenvalue weighted by Gasteiger charge is -2.40. The fourth-order valence-corrected chi connectivity index (χ4v) is 4.10. The molecule has 1 heterocycles. The predicted molar refractivity (Wildman–Crippen MR) is 84.2 cm³/mol. The number of carbonyl (C=O) groups excluding carboxylic acids is 2. The highest BCUT2D eigenvalue weighted by molar-refractivity contribution is 5.76. The van der Waals surface area contributed by atoms with Gasteiger partial charge in [-0.25, -0.2) is 0 Å². The van der Waals surface area contributed by atoms with Gasteiger partial charge in [0.15, 0.2) is 0 Å². The first-order valence-corrected chi connectivity index (χ1v) is 7.87. The first-order valence-electron chi connectivity index (χ1n) is 7.87. The molecule has 1 atom stereocenters. The summed E-state index contributed by atoms with van der Waals surface area (Å²) in [6.07, 6.45) is 2.97. The highest BCUT2D eigenvalue weighted by Gasteiger charge is 2.45. The van der Waals surface area contributed by atoms with Gasteiger partial charge in [0.05, 0.1) is 12.6 Å². The average molecular weight is 301 g/mol. The van der Waals surface area contributed by atoms with E-state index in [0.717, 1.165) is 32.4 Å². The third kappa shape index (κ3) is 2.73. The van der Waals surface area contributed by atoms with Crippen LogP contribution in [-0.4, -0.2) is 36.3 Å². The summed E-state index contributed by atoms with van der Waals surface area (Å²) in [6.45, 7) is 3.67. The SMILES string of the molecule is CC(=O)N[C@H]1CC2(CCN(CC(N)=O)CC2)c2ccccc21. The lowest BCUT2D eigenvalue weighted by molar-refractivity contribution is -0.120. The van der Waals surface area contributed by atoms with Gasteiger partial charge < -0.3 is 11.1 Å². The van der Waals surface area contributed by atoms with Crippen LogP contribution in [0.4, 0.5) is 0 Å². The summed E-state index contributed by atoms with van der Waals surface area (Å²) in [5.41, 5.74) is 8.04. The number of rotatable bonds is 3. The van der Waals surface area contributed by atoms with Crippen LogP contribution in [0, 0.1) is 0 Å². The molecule has 3 N–H and O–H groups in total. The molecule has 1 spiro atoms. The molecule has 1 aromatic rings. The van der Waals surface area contributed by atoms with Crippen LogP contribution in [0.3, 0.4) is 0 Å². The van der Waals surface area contributed by atoms with E-state index in [0.29, 0.717) is 6.54 Å². The first kappa shape index (κ1) is 15.0. The largest absolute Gasteiger partial charge is 0.369 e. The number of amides is 2. The number of likely N-dealkylation sites (tertiary alicyclic amines) is 1. The minimum absolute atomic E-state index is 0.0167. The van der Waals surface area contributed by atoms with E-state index in [1.54, 1.807) is 6.92 Å². The van der Waals surface area contributed by atoms with Gasteiger partial charge in [-0.2, -0.15) is 0 Å². The minimum atomic E-state index is -0.265. The van der Waals surface area contributed by atoms with Gasteiger partial charge in [-0.3, -0.25) is 14.5 Å². The molecular formula is C17H23N3O2. The van der Waals surface area contributed by atoms with Crippen molar-refractivity contribution >= 4 is 11.8 Å². The van der Waals surface area contributed by atoms with Crippen LogP contribution in [0.25, 0.3) is 0 Å². The van der Waals surface area contributed by atoms with E-state index in [9.17, 15) is 9.59 Å². The quantitative estimate of drug-likeness (QED) is 0.877. The number of hydrogen-bond acceptors (Lipinski definition) is 3. The van der Waals surface area contributed by atoms with E-state index >= 15 is 0 Å². The number of hydrogen-bond donors (Lipinski definition) is 2. The van der Waals surface area contributed by atoms with Crippen LogP contribution in [0.15, 0.2) is 24.3 Å². The zero-order valence-corrected chi connectivity index (χ0v) is 13.0. The van der Waals surface area contributed by atoms with Gasteiger partial charge in [-0.05, 0) is 43.5 Å². The first-order chi connectivity index (χ1) is 10.5. The monoisotopic (exact) mass is 301 g/mol. The lowest BCUT2D eigenvalue weighted by atomic mass is 9.73. The van der Waals surface area contributed by atoms with E-state index in [4.69, 9.17) is 5.73 Å². The van der Waals surface area contributed by atoms with Crippen molar-refractivity contribution in [1.29, 1.82) is 0 Å². The van der Waals surface area contributed by atoms with Crippen molar-refractivity contribution in [3.8, 4) is 0 Å². The molecule has 1 fully saturated rings. The number of fused-ring (bicyclic) bond motifs is 2. The Morgan fingerprint density at radius 1 is 1.32 bits per heavy atom. The van der Waals surface area contributed by atoms with Crippen LogP contribution in [0.1, 0.15) is 43.4 Å². The smallest absolute Gasteiger partial charge is 0.231 e. The summed E-state index contributed by atoms with van der Waals surface area (Å²) < 4.78 is 0. The third-order valence-electron chi connectivity index (χ3n) is 5.07. The van der Waals surface area contributed by atoms with Crippen molar-refractivity contribution in [3.63, 3.8) is 0 Å². The Labute approximate surface area is 130 Å². The average Bonchev–Trinajstić information content (AvgIpc) is 2.75. The second kappa shape index (κ2) is 5.72. The molecule has 0 bridgehead atoms. The molecule has 0 saturated carbocycles. The van der Waals surface area contributed by atoms with Gasteiger partial charge >= 0.3 is 0 Å². The molecular weight excluding hydrogens is 278 g/mol. The number of nitrogens with two attached hydrogens (primary N) is 1. The number of nitrogens with zero attached hydrogens (tertiary/aromatic N) is 1. The maximum absolute atomic E-state index is 11.5. The topological polar surface area (TPSA) is 75.4 Å². The van der Waals surface area contributed by atoms with Gasteiger partial charge in [0.2, 0.25) is 11.8 Å². The molecule has 118 valence electrons. The van der Waals surface area contributed by atoms with Crippen LogP contribution < -0.4 is 11.1 Å². The zero-order valence-electron chi connectivity index (χ0n) is 13.0. The number of primary amides is 1. The number of nitrogens with one attached hydrogen (secondary N) is 1. The Bertz CT molecular complexity index is 591. The standard InChI is InChI=1S/C17H23N3O2/c1-12(21)19-15-10-17(14-5-3-2-4-13(14)15)6-8-20(9-7-17)11-16(18)22/h2-5,15H,6-11H2,1H3,(H2,18,22)(H,19,21)/t15-/m0/s1. The fourth-order valence-electron chi connectivity index (χ4n) is 4.10. The minimum Gasteiger partial charge on any atom is -0.369 e. The van der Waals surface area contributed by atoms with Crippen molar-refractivity contribution < 1.29 is 9.59 Å². The second-order valence-electron chi connectivity index (χ2n) is 6.57. The molecule has 1 saturated heterocycles. The summed E-state index contributed by atoms with van der Waals surface area (Å²) >= 11 is 0.